The lowest BCUT2D eigenvalue weighted by Gasteiger charge is -2.31. The fourth-order valence-corrected chi connectivity index (χ4v) is 3.67. The van der Waals surface area contributed by atoms with E-state index >= 15 is 0 Å². The summed E-state index contributed by atoms with van der Waals surface area (Å²) in [6, 6.07) is 17.8. The van der Waals surface area contributed by atoms with Crippen LogP contribution in [0.1, 0.15) is 24.0 Å². The monoisotopic (exact) mass is 379 g/mol. The summed E-state index contributed by atoms with van der Waals surface area (Å²) in [5.74, 6) is -0.0118. The van der Waals surface area contributed by atoms with Gasteiger partial charge < -0.3 is 10.6 Å². The molecule has 5 heteroatoms. The minimum atomic E-state index is -0.0753. The smallest absolute Gasteiger partial charge is 0.234 e. The Morgan fingerprint density at radius 2 is 1.82 bits per heavy atom. The quantitative estimate of drug-likeness (QED) is 0.777. The van der Waals surface area contributed by atoms with Crippen LogP contribution in [0.4, 0.5) is 5.69 Å². The van der Waals surface area contributed by atoms with Gasteiger partial charge in [0.2, 0.25) is 11.8 Å². The van der Waals surface area contributed by atoms with Gasteiger partial charge in [0.15, 0.2) is 0 Å². The van der Waals surface area contributed by atoms with Crippen molar-refractivity contribution in [1.82, 2.24) is 10.2 Å². The molecule has 1 aliphatic rings. The summed E-state index contributed by atoms with van der Waals surface area (Å²) in [6.07, 6.45) is 2.63. The molecule has 28 heavy (non-hydrogen) atoms. The largest absolute Gasteiger partial charge is 0.355 e. The maximum atomic E-state index is 12.5. The Kier molecular flexibility index (Phi) is 7.20. The Balaban J connectivity index is 1.42. The second-order valence-corrected chi connectivity index (χ2v) is 7.46. The van der Waals surface area contributed by atoms with Gasteiger partial charge in [-0.3, -0.25) is 14.5 Å². The summed E-state index contributed by atoms with van der Waals surface area (Å²) in [4.78, 5) is 26.9. The van der Waals surface area contributed by atoms with Crippen molar-refractivity contribution in [3.05, 3.63) is 65.7 Å². The lowest BCUT2D eigenvalue weighted by Crippen LogP contribution is -2.45. The first-order valence-corrected chi connectivity index (χ1v) is 10.0. The average molecular weight is 380 g/mol. The van der Waals surface area contributed by atoms with Crippen LogP contribution in [0.2, 0.25) is 0 Å². The molecule has 0 spiro atoms. The zero-order chi connectivity index (χ0) is 19.8. The van der Waals surface area contributed by atoms with Crippen molar-refractivity contribution in [3.63, 3.8) is 0 Å². The van der Waals surface area contributed by atoms with E-state index < -0.39 is 0 Å². The third-order valence-electron chi connectivity index (χ3n) is 5.26. The number of nitrogens with one attached hydrogen (secondary N) is 2. The van der Waals surface area contributed by atoms with Gasteiger partial charge in [0.25, 0.3) is 0 Å². The van der Waals surface area contributed by atoms with Crippen LogP contribution in [0, 0.1) is 12.8 Å². The van der Waals surface area contributed by atoms with Gasteiger partial charge in [-0.25, -0.2) is 0 Å². The van der Waals surface area contributed by atoms with Crippen molar-refractivity contribution in [1.29, 1.82) is 0 Å². The summed E-state index contributed by atoms with van der Waals surface area (Å²) < 4.78 is 0. The van der Waals surface area contributed by atoms with E-state index in [1.165, 1.54) is 11.1 Å². The normalized spacial score (nSPS) is 17.1. The highest BCUT2D eigenvalue weighted by Gasteiger charge is 2.26. The Bertz CT molecular complexity index is 791. The molecule has 148 valence electrons. The molecule has 5 nitrogen and oxygen atoms in total. The first kappa shape index (κ1) is 20.1. The van der Waals surface area contributed by atoms with E-state index in [0.717, 1.165) is 31.5 Å². The number of para-hydroxylation sites is 1. The van der Waals surface area contributed by atoms with Crippen LogP contribution >= 0.6 is 0 Å². The van der Waals surface area contributed by atoms with Crippen molar-refractivity contribution in [2.75, 3.05) is 31.5 Å². The van der Waals surface area contributed by atoms with Crippen LogP contribution in [0.3, 0.4) is 0 Å². The number of nitrogens with zero attached hydrogens (tertiary/aromatic N) is 1. The number of aryl methyl sites for hydroxylation is 1. The van der Waals surface area contributed by atoms with E-state index in [1.807, 2.05) is 42.5 Å². The maximum Gasteiger partial charge on any atom is 0.234 e. The molecule has 1 heterocycles. The average Bonchev–Trinajstić information content (AvgIpc) is 2.70. The number of hydrogen-bond acceptors (Lipinski definition) is 3. The lowest BCUT2D eigenvalue weighted by atomic mass is 9.97. The number of benzene rings is 2. The van der Waals surface area contributed by atoms with Gasteiger partial charge in [-0.2, -0.15) is 0 Å². The third kappa shape index (κ3) is 5.92. The highest BCUT2D eigenvalue weighted by Crippen LogP contribution is 2.18. The van der Waals surface area contributed by atoms with Crippen LogP contribution in [-0.2, 0) is 16.0 Å². The number of anilines is 1. The van der Waals surface area contributed by atoms with Crippen molar-refractivity contribution in [3.8, 4) is 0 Å². The van der Waals surface area contributed by atoms with E-state index in [9.17, 15) is 9.59 Å². The predicted octanol–water partition coefficient (Wildman–Crippen LogP) is 3.00. The molecule has 0 aliphatic carbocycles. The van der Waals surface area contributed by atoms with E-state index in [4.69, 9.17) is 0 Å². The van der Waals surface area contributed by atoms with Crippen molar-refractivity contribution >= 4 is 17.5 Å². The Hall–Kier alpha value is -2.66. The first-order chi connectivity index (χ1) is 13.6. The van der Waals surface area contributed by atoms with Gasteiger partial charge >= 0.3 is 0 Å². The van der Waals surface area contributed by atoms with Gasteiger partial charge in [-0.05, 0) is 56.0 Å². The Morgan fingerprint density at radius 3 is 2.61 bits per heavy atom. The van der Waals surface area contributed by atoms with Gasteiger partial charge in [0.1, 0.15) is 0 Å². The molecule has 3 rings (SSSR count). The van der Waals surface area contributed by atoms with Crippen LogP contribution < -0.4 is 10.6 Å². The van der Waals surface area contributed by atoms with Crippen LogP contribution in [-0.4, -0.2) is 42.9 Å². The van der Waals surface area contributed by atoms with Crippen LogP contribution in [0.5, 0.6) is 0 Å². The molecule has 0 aromatic heterocycles. The number of hydrogen-bond donors (Lipinski definition) is 2. The van der Waals surface area contributed by atoms with E-state index in [2.05, 4.69) is 34.6 Å². The number of amides is 2. The summed E-state index contributed by atoms with van der Waals surface area (Å²) in [7, 11) is 0. The molecule has 0 saturated carbocycles. The number of rotatable bonds is 7. The SMILES string of the molecule is Cc1ccccc1CCNC(=O)CN1CCCC(C(=O)Nc2ccccc2)C1. The van der Waals surface area contributed by atoms with Crippen LogP contribution in [0.15, 0.2) is 54.6 Å². The fourth-order valence-electron chi connectivity index (χ4n) is 3.67. The number of carbonyl (C=O) groups excluding carboxylic acids is 2. The molecular formula is C23H29N3O2. The molecule has 1 fully saturated rings. The van der Waals surface area contributed by atoms with Crippen molar-refractivity contribution in [2.24, 2.45) is 5.92 Å². The third-order valence-corrected chi connectivity index (χ3v) is 5.26. The van der Waals surface area contributed by atoms with Gasteiger partial charge in [0.05, 0.1) is 12.5 Å². The zero-order valence-electron chi connectivity index (χ0n) is 16.5. The van der Waals surface area contributed by atoms with Gasteiger partial charge in [-0.1, -0.05) is 42.5 Å². The summed E-state index contributed by atoms with van der Waals surface area (Å²) in [5.41, 5.74) is 3.33. The van der Waals surface area contributed by atoms with Crippen molar-refractivity contribution < 1.29 is 9.59 Å². The Labute approximate surface area is 167 Å². The minimum Gasteiger partial charge on any atom is -0.355 e. The minimum absolute atomic E-state index is 0.0256. The molecule has 1 aliphatic heterocycles. The number of piperidine rings is 1. The van der Waals surface area contributed by atoms with E-state index in [1.54, 1.807) is 0 Å². The molecule has 2 N–H and O–H groups in total. The molecule has 2 aromatic carbocycles. The summed E-state index contributed by atoms with van der Waals surface area (Å²) >= 11 is 0. The zero-order valence-corrected chi connectivity index (χ0v) is 16.5. The maximum absolute atomic E-state index is 12.5. The standard InChI is InChI=1S/C23H29N3O2/c1-18-8-5-6-9-19(18)13-14-24-22(27)17-26-15-7-10-20(16-26)23(28)25-21-11-3-2-4-12-21/h2-6,8-9,11-12,20H,7,10,13-17H2,1H3,(H,24,27)(H,25,28). The number of carbonyl (C=O) groups is 2. The molecule has 1 unspecified atom stereocenters. The Morgan fingerprint density at radius 1 is 1.07 bits per heavy atom. The fraction of sp³-hybridized carbons (Fsp3) is 0.391. The number of likely N-dealkylation sites (tertiary alicyclic amines) is 1. The predicted molar refractivity (Wildman–Crippen MR) is 112 cm³/mol. The highest BCUT2D eigenvalue weighted by molar-refractivity contribution is 5.92. The van der Waals surface area contributed by atoms with Crippen molar-refractivity contribution in [2.45, 2.75) is 26.2 Å². The van der Waals surface area contributed by atoms with E-state index in [0.29, 0.717) is 19.6 Å². The molecule has 2 amide bonds. The molecular weight excluding hydrogens is 350 g/mol. The van der Waals surface area contributed by atoms with Crippen LogP contribution in [0.25, 0.3) is 0 Å². The van der Waals surface area contributed by atoms with E-state index in [-0.39, 0.29) is 17.7 Å². The summed E-state index contributed by atoms with van der Waals surface area (Å²) in [6.45, 7) is 4.56. The molecule has 0 bridgehead atoms. The molecule has 1 atom stereocenters. The van der Waals surface area contributed by atoms with Gasteiger partial charge in [0, 0.05) is 18.8 Å². The topological polar surface area (TPSA) is 61.4 Å². The second kappa shape index (κ2) is 10.0. The lowest BCUT2D eigenvalue weighted by molar-refractivity contribution is -0.125. The van der Waals surface area contributed by atoms with Gasteiger partial charge in [-0.15, -0.1) is 0 Å². The second-order valence-electron chi connectivity index (χ2n) is 7.46. The first-order valence-electron chi connectivity index (χ1n) is 10.0. The molecule has 0 radical (unpaired) electrons. The summed E-state index contributed by atoms with van der Waals surface area (Å²) in [5, 5.41) is 5.99. The molecule has 1 saturated heterocycles. The molecule has 2 aromatic rings. The highest BCUT2D eigenvalue weighted by atomic mass is 16.2.